The zero-order valence-corrected chi connectivity index (χ0v) is 14.1. The van der Waals surface area contributed by atoms with Crippen LogP contribution >= 0.6 is 0 Å². The predicted octanol–water partition coefficient (Wildman–Crippen LogP) is 2.38. The Morgan fingerprint density at radius 1 is 1.12 bits per heavy atom. The topological polar surface area (TPSA) is 59.7 Å². The largest absolute Gasteiger partial charge is 0.483 e. The molecule has 2 aromatic heterocycles. The summed E-state index contributed by atoms with van der Waals surface area (Å²) in [6.07, 6.45) is 1.89. The Kier molecular flexibility index (Phi) is 4.46. The van der Waals surface area contributed by atoms with Crippen molar-refractivity contribution >= 4 is 11.6 Å². The Morgan fingerprint density at radius 2 is 1.88 bits per heavy atom. The maximum atomic E-state index is 12.3. The Hall–Kier alpha value is -2.89. The van der Waals surface area contributed by atoms with Gasteiger partial charge in [-0.05, 0) is 37.1 Å². The number of ether oxygens (including phenoxy) is 1. The van der Waals surface area contributed by atoms with Gasteiger partial charge in [0.05, 0.1) is 6.54 Å². The summed E-state index contributed by atoms with van der Waals surface area (Å²) < 4.78 is 7.59. The molecular weight excluding hydrogens is 304 g/mol. The molecular formula is C18H20N4O2. The Morgan fingerprint density at radius 3 is 2.62 bits per heavy atom. The molecule has 0 saturated heterocycles. The van der Waals surface area contributed by atoms with Gasteiger partial charge in [-0.15, -0.1) is 10.2 Å². The van der Waals surface area contributed by atoms with E-state index in [0.29, 0.717) is 12.4 Å². The number of aryl methyl sites for hydroxylation is 2. The minimum Gasteiger partial charge on any atom is -0.483 e. The summed E-state index contributed by atoms with van der Waals surface area (Å²) in [5, 5.41) is 8.23. The zero-order chi connectivity index (χ0) is 17.1. The van der Waals surface area contributed by atoms with Crippen molar-refractivity contribution in [3.05, 3.63) is 59.5 Å². The number of carbonyl (C=O) groups excluding carboxylic acids is 1. The molecule has 0 unspecified atom stereocenters. The number of hydrogen-bond acceptors (Lipinski definition) is 4. The monoisotopic (exact) mass is 324 g/mol. The second kappa shape index (κ2) is 6.70. The van der Waals surface area contributed by atoms with E-state index in [-0.39, 0.29) is 12.5 Å². The lowest BCUT2D eigenvalue weighted by molar-refractivity contribution is -0.132. The molecule has 3 rings (SSSR count). The number of fused-ring (bicyclic) bond motifs is 1. The van der Waals surface area contributed by atoms with Gasteiger partial charge in [0.25, 0.3) is 5.91 Å². The fourth-order valence-corrected chi connectivity index (χ4v) is 2.57. The van der Waals surface area contributed by atoms with Crippen molar-refractivity contribution in [1.29, 1.82) is 0 Å². The Bertz CT molecular complexity index is 852. The molecule has 0 atom stereocenters. The highest BCUT2D eigenvalue weighted by Crippen LogP contribution is 2.22. The maximum Gasteiger partial charge on any atom is 0.260 e. The number of aromatic nitrogens is 3. The molecule has 0 spiro atoms. The first-order valence-corrected chi connectivity index (χ1v) is 7.78. The predicted molar refractivity (Wildman–Crippen MR) is 90.9 cm³/mol. The van der Waals surface area contributed by atoms with E-state index in [1.54, 1.807) is 11.9 Å². The van der Waals surface area contributed by atoms with Gasteiger partial charge in [-0.1, -0.05) is 24.3 Å². The number of para-hydroxylation sites is 1. The second-order valence-electron chi connectivity index (χ2n) is 5.80. The van der Waals surface area contributed by atoms with E-state index in [4.69, 9.17) is 4.74 Å². The summed E-state index contributed by atoms with van der Waals surface area (Å²) in [5.74, 6) is 1.38. The van der Waals surface area contributed by atoms with Crippen LogP contribution < -0.4 is 4.74 Å². The van der Waals surface area contributed by atoms with Crippen LogP contribution in [0.1, 0.15) is 17.0 Å². The highest BCUT2D eigenvalue weighted by molar-refractivity contribution is 5.77. The molecule has 3 aromatic rings. The number of benzene rings is 1. The van der Waals surface area contributed by atoms with Gasteiger partial charge in [0, 0.05) is 13.2 Å². The van der Waals surface area contributed by atoms with E-state index < -0.39 is 0 Å². The van der Waals surface area contributed by atoms with Gasteiger partial charge >= 0.3 is 0 Å². The summed E-state index contributed by atoms with van der Waals surface area (Å²) >= 11 is 0. The number of pyridine rings is 1. The van der Waals surface area contributed by atoms with Gasteiger partial charge in [0.15, 0.2) is 18.1 Å². The van der Waals surface area contributed by atoms with Crippen molar-refractivity contribution in [1.82, 2.24) is 19.5 Å². The third kappa shape index (κ3) is 3.22. The zero-order valence-electron chi connectivity index (χ0n) is 14.1. The van der Waals surface area contributed by atoms with Gasteiger partial charge in [-0.3, -0.25) is 9.20 Å². The highest BCUT2D eigenvalue weighted by Gasteiger charge is 2.15. The fraction of sp³-hybridized carbons (Fsp3) is 0.278. The number of likely N-dealkylation sites (N-methyl/N-ethyl adjacent to an activating group) is 1. The van der Waals surface area contributed by atoms with Crippen LogP contribution in [0.4, 0.5) is 0 Å². The van der Waals surface area contributed by atoms with Crippen molar-refractivity contribution in [2.45, 2.75) is 20.4 Å². The molecule has 0 bridgehead atoms. The summed E-state index contributed by atoms with van der Waals surface area (Å²) in [7, 11) is 1.74. The van der Waals surface area contributed by atoms with E-state index in [1.807, 2.05) is 60.8 Å². The quantitative estimate of drug-likeness (QED) is 0.723. The van der Waals surface area contributed by atoms with Crippen LogP contribution in [0.15, 0.2) is 42.6 Å². The van der Waals surface area contributed by atoms with Crippen LogP contribution in [0.3, 0.4) is 0 Å². The van der Waals surface area contributed by atoms with Crippen molar-refractivity contribution in [3.63, 3.8) is 0 Å². The van der Waals surface area contributed by atoms with E-state index in [1.165, 1.54) is 0 Å². The van der Waals surface area contributed by atoms with Gasteiger partial charge in [0.2, 0.25) is 0 Å². The summed E-state index contributed by atoms with van der Waals surface area (Å²) in [4.78, 5) is 13.9. The molecule has 2 heterocycles. The standard InChI is InChI=1S/C18H20N4O2/c1-13-7-6-8-14(2)18(13)24-12-17(23)21(3)11-16-20-19-15-9-4-5-10-22(15)16/h4-10H,11-12H2,1-3H3. The molecule has 1 aromatic carbocycles. The van der Waals surface area contributed by atoms with E-state index in [2.05, 4.69) is 10.2 Å². The number of carbonyl (C=O) groups is 1. The van der Waals surface area contributed by atoms with Gasteiger partial charge in [-0.25, -0.2) is 0 Å². The van der Waals surface area contributed by atoms with Crippen molar-refractivity contribution in [2.24, 2.45) is 0 Å². The highest BCUT2D eigenvalue weighted by atomic mass is 16.5. The SMILES string of the molecule is Cc1cccc(C)c1OCC(=O)N(C)Cc1nnc2ccccn12. The molecule has 24 heavy (non-hydrogen) atoms. The summed E-state index contributed by atoms with van der Waals surface area (Å²) in [6, 6.07) is 11.6. The third-order valence-corrected chi connectivity index (χ3v) is 3.94. The normalized spacial score (nSPS) is 10.8. The molecule has 0 N–H and O–H groups in total. The van der Waals surface area contributed by atoms with E-state index in [0.717, 1.165) is 22.5 Å². The van der Waals surface area contributed by atoms with E-state index >= 15 is 0 Å². The molecule has 0 radical (unpaired) electrons. The first-order valence-electron chi connectivity index (χ1n) is 7.78. The van der Waals surface area contributed by atoms with Crippen molar-refractivity contribution in [3.8, 4) is 5.75 Å². The third-order valence-electron chi connectivity index (χ3n) is 3.94. The lowest BCUT2D eigenvalue weighted by Crippen LogP contribution is -2.31. The minimum atomic E-state index is -0.106. The Balaban J connectivity index is 1.65. The van der Waals surface area contributed by atoms with Crippen molar-refractivity contribution < 1.29 is 9.53 Å². The molecule has 124 valence electrons. The lowest BCUT2D eigenvalue weighted by atomic mass is 10.1. The van der Waals surface area contributed by atoms with Crippen molar-refractivity contribution in [2.75, 3.05) is 13.7 Å². The molecule has 6 nitrogen and oxygen atoms in total. The van der Waals surface area contributed by atoms with E-state index in [9.17, 15) is 4.79 Å². The molecule has 0 saturated carbocycles. The second-order valence-corrected chi connectivity index (χ2v) is 5.80. The number of amides is 1. The summed E-state index contributed by atoms with van der Waals surface area (Å²) in [5.41, 5.74) is 2.81. The van der Waals surface area contributed by atoms with Crippen LogP contribution in [0.2, 0.25) is 0 Å². The fourth-order valence-electron chi connectivity index (χ4n) is 2.57. The van der Waals surface area contributed by atoms with Crippen LogP contribution in [0, 0.1) is 13.8 Å². The first-order chi connectivity index (χ1) is 11.6. The van der Waals surface area contributed by atoms with Crippen LogP contribution in [-0.4, -0.2) is 39.1 Å². The van der Waals surface area contributed by atoms with Gasteiger partial charge in [-0.2, -0.15) is 0 Å². The molecule has 6 heteroatoms. The molecule has 0 aliphatic heterocycles. The Labute approximate surface area is 140 Å². The molecule has 0 aliphatic rings. The van der Waals surface area contributed by atoms with Gasteiger partial charge in [0.1, 0.15) is 5.75 Å². The summed E-state index contributed by atoms with van der Waals surface area (Å²) in [6.45, 7) is 4.32. The average molecular weight is 324 g/mol. The molecule has 1 amide bonds. The van der Waals surface area contributed by atoms with Gasteiger partial charge < -0.3 is 9.64 Å². The number of rotatable bonds is 5. The lowest BCUT2D eigenvalue weighted by Gasteiger charge is -2.18. The number of hydrogen-bond donors (Lipinski definition) is 0. The minimum absolute atomic E-state index is 0.00106. The van der Waals surface area contributed by atoms with Crippen LogP contribution in [-0.2, 0) is 11.3 Å². The maximum absolute atomic E-state index is 12.3. The molecule has 0 aliphatic carbocycles. The van der Waals surface area contributed by atoms with Crippen LogP contribution in [0.5, 0.6) is 5.75 Å². The smallest absolute Gasteiger partial charge is 0.260 e. The number of nitrogens with zero attached hydrogens (tertiary/aromatic N) is 4. The molecule has 0 fully saturated rings. The first kappa shape index (κ1) is 16.0. The average Bonchev–Trinajstić information content (AvgIpc) is 2.97. The van der Waals surface area contributed by atoms with Crippen LogP contribution in [0.25, 0.3) is 5.65 Å².